The van der Waals surface area contributed by atoms with E-state index in [1.807, 2.05) is 0 Å². The summed E-state index contributed by atoms with van der Waals surface area (Å²) in [4.78, 5) is 0. The fourth-order valence-corrected chi connectivity index (χ4v) is 0.500. The Balaban J connectivity index is 0. The van der Waals surface area contributed by atoms with Crippen molar-refractivity contribution in [3.05, 3.63) is 0 Å². The van der Waals surface area contributed by atoms with Gasteiger partial charge in [0.25, 0.3) is 0 Å². The first-order valence-corrected chi connectivity index (χ1v) is 2.91. The molecule has 0 aliphatic rings. The van der Waals surface area contributed by atoms with E-state index in [9.17, 15) is 0 Å². The first-order valence-electron chi connectivity index (χ1n) is 2.91. The Kier molecular flexibility index (Phi) is 15.4. The average Bonchev–Trinajstić information content (AvgIpc) is 1.61. The molecular formula is C6H14Zr. The molecule has 0 heterocycles. The van der Waals surface area contributed by atoms with E-state index in [0.717, 1.165) is 0 Å². The third-order valence-electron chi connectivity index (χ3n) is 0.957. The molecule has 0 unspecified atom stereocenters. The van der Waals surface area contributed by atoms with E-state index in [1.165, 1.54) is 25.7 Å². The molecule has 0 saturated heterocycles. The SMILES string of the molecule is CCCCCC.[Zr]. The van der Waals surface area contributed by atoms with Crippen molar-refractivity contribution in [1.82, 2.24) is 0 Å². The maximum absolute atomic E-state index is 2.23. The van der Waals surface area contributed by atoms with Crippen LogP contribution in [-0.2, 0) is 26.2 Å². The average molecular weight is 177 g/mol. The molecule has 0 aromatic carbocycles. The minimum atomic E-state index is 0. The Labute approximate surface area is 65.8 Å². The summed E-state index contributed by atoms with van der Waals surface area (Å²) in [6.45, 7) is 4.46. The second-order valence-electron chi connectivity index (χ2n) is 1.71. The predicted octanol–water partition coefficient (Wildman–Crippen LogP) is 2.58. The summed E-state index contributed by atoms with van der Waals surface area (Å²) in [6, 6.07) is 0. The fraction of sp³-hybridized carbons (Fsp3) is 1.00. The van der Waals surface area contributed by atoms with Crippen molar-refractivity contribution in [2.75, 3.05) is 0 Å². The van der Waals surface area contributed by atoms with Crippen LogP contribution in [-0.4, -0.2) is 0 Å². The van der Waals surface area contributed by atoms with Gasteiger partial charge in [0.05, 0.1) is 0 Å². The van der Waals surface area contributed by atoms with Gasteiger partial charge in [0, 0.05) is 26.2 Å². The minimum Gasteiger partial charge on any atom is -0.0654 e. The smallest absolute Gasteiger partial charge is 0 e. The Morgan fingerprint density at radius 2 is 1.14 bits per heavy atom. The van der Waals surface area contributed by atoms with Gasteiger partial charge in [0.2, 0.25) is 0 Å². The van der Waals surface area contributed by atoms with Crippen LogP contribution in [0.4, 0.5) is 0 Å². The van der Waals surface area contributed by atoms with E-state index in [-0.39, 0.29) is 26.2 Å². The summed E-state index contributed by atoms with van der Waals surface area (Å²) in [6.07, 6.45) is 5.54. The molecule has 0 spiro atoms. The largest absolute Gasteiger partial charge is 0.0654 e. The molecule has 1 heteroatoms. The van der Waals surface area contributed by atoms with Crippen LogP contribution in [0.1, 0.15) is 39.5 Å². The summed E-state index contributed by atoms with van der Waals surface area (Å²) in [5.41, 5.74) is 0. The number of hydrogen-bond acceptors (Lipinski definition) is 0. The summed E-state index contributed by atoms with van der Waals surface area (Å²) in [5.74, 6) is 0. The molecule has 0 nitrogen and oxygen atoms in total. The number of hydrogen-bond donors (Lipinski definition) is 0. The van der Waals surface area contributed by atoms with Crippen LogP contribution >= 0.6 is 0 Å². The molecular weight excluding hydrogens is 163 g/mol. The third-order valence-corrected chi connectivity index (χ3v) is 0.957. The van der Waals surface area contributed by atoms with Gasteiger partial charge in [-0.2, -0.15) is 0 Å². The summed E-state index contributed by atoms with van der Waals surface area (Å²) < 4.78 is 0. The molecule has 0 N–H and O–H groups in total. The second kappa shape index (κ2) is 9.99. The monoisotopic (exact) mass is 176 g/mol. The molecule has 0 aromatic rings. The van der Waals surface area contributed by atoms with Crippen molar-refractivity contribution in [2.45, 2.75) is 39.5 Å². The first kappa shape index (κ1) is 10.8. The molecule has 0 amide bonds. The van der Waals surface area contributed by atoms with Crippen molar-refractivity contribution in [3.8, 4) is 0 Å². The van der Waals surface area contributed by atoms with Crippen LogP contribution in [0.2, 0.25) is 0 Å². The van der Waals surface area contributed by atoms with E-state index < -0.39 is 0 Å². The third kappa shape index (κ3) is 10.9. The molecule has 0 bridgehead atoms. The number of rotatable bonds is 3. The van der Waals surface area contributed by atoms with Crippen LogP contribution in [0.5, 0.6) is 0 Å². The molecule has 0 saturated carbocycles. The van der Waals surface area contributed by atoms with Crippen molar-refractivity contribution < 1.29 is 26.2 Å². The van der Waals surface area contributed by atoms with Gasteiger partial charge < -0.3 is 0 Å². The van der Waals surface area contributed by atoms with Crippen LogP contribution in [0.25, 0.3) is 0 Å². The van der Waals surface area contributed by atoms with Crippen LogP contribution in [0, 0.1) is 0 Å². The van der Waals surface area contributed by atoms with E-state index >= 15 is 0 Å². The Hall–Kier alpha value is 0.883. The van der Waals surface area contributed by atoms with Crippen molar-refractivity contribution in [1.29, 1.82) is 0 Å². The summed E-state index contributed by atoms with van der Waals surface area (Å²) in [7, 11) is 0. The second-order valence-corrected chi connectivity index (χ2v) is 1.71. The summed E-state index contributed by atoms with van der Waals surface area (Å²) in [5, 5.41) is 0. The van der Waals surface area contributed by atoms with Crippen molar-refractivity contribution in [2.24, 2.45) is 0 Å². The molecule has 0 aliphatic carbocycles. The molecule has 0 radical (unpaired) electrons. The maximum atomic E-state index is 2.23. The molecule has 7 heavy (non-hydrogen) atoms. The van der Waals surface area contributed by atoms with Crippen LogP contribution in [0.3, 0.4) is 0 Å². The van der Waals surface area contributed by atoms with Gasteiger partial charge in [-0.3, -0.25) is 0 Å². The van der Waals surface area contributed by atoms with Gasteiger partial charge in [0.1, 0.15) is 0 Å². The minimum absolute atomic E-state index is 0. The molecule has 42 valence electrons. The van der Waals surface area contributed by atoms with Gasteiger partial charge in [-0.25, -0.2) is 0 Å². The zero-order chi connectivity index (χ0) is 4.83. The van der Waals surface area contributed by atoms with Crippen molar-refractivity contribution in [3.63, 3.8) is 0 Å². The fourth-order valence-electron chi connectivity index (χ4n) is 0.500. The zero-order valence-corrected chi connectivity index (χ0v) is 7.79. The van der Waals surface area contributed by atoms with Crippen molar-refractivity contribution >= 4 is 0 Å². The Morgan fingerprint density at radius 3 is 1.29 bits per heavy atom. The topological polar surface area (TPSA) is 0 Å². The molecule has 0 aromatic heterocycles. The van der Waals surface area contributed by atoms with E-state index in [1.54, 1.807) is 0 Å². The molecule has 0 fully saturated rings. The predicted molar refractivity (Wildman–Crippen MR) is 29.8 cm³/mol. The van der Waals surface area contributed by atoms with E-state index in [2.05, 4.69) is 13.8 Å². The Bertz CT molecular complexity index is 16.1. The van der Waals surface area contributed by atoms with E-state index in [4.69, 9.17) is 0 Å². The van der Waals surface area contributed by atoms with E-state index in [0.29, 0.717) is 0 Å². The maximum Gasteiger partial charge on any atom is 0 e. The molecule has 0 aliphatic heterocycles. The zero-order valence-electron chi connectivity index (χ0n) is 5.33. The van der Waals surface area contributed by atoms with Crippen LogP contribution < -0.4 is 0 Å². The molecule has 0 atom stereocenters. The summed E-state index contributed by atoms with van der Waals surface area (Å²) >= 11 is 0. The first-order chi connectivity index (χ1) is 2.91. The number of unbranched alkanes of at least 4 members (excludes halogenated alkanes) is 3. The quantitative estimate of drug-likeness (QED) is 0.581. The van der Waals surface area contributed by atoms with Gasteiger partial charge >= 0.3 is 0 Å². The normalized spacial score (nSPS) is 7.71. The standard InChI is InChI=1S/C6H14.Zr/c1-3-5-6-4-2;/h3-6H2,1-2H3;. The van der Waals surface area contributed by atoms with Gasteiger partial charge in [-0.05, 0) is 0 Å². The molecule has 0 rings (SSSR count). The van der Waals surface area contributed by atoms with Crippen LogP contribution in [0.15, 0.2) is 0 Å². The van der Waals surface area contributed by atoms with Gasteiger partial charge in [0.15, 0.2) is 0 Å². The Morgan fingerprint density at radius 1 is 0.857 bits per heavy atom. The van der Waals surface area contributed by atoms with Gasteiger partial charge in [-0.15, -0.1) is 0 Å². The van der Waals surface area contributed by atoms with Gasteiger partial charge in [-0.1, -0.05) is 39.5 Å².